The van der Waals surface area contributed by atoms with Crippen LogP contribution in [0.15, 0.2) is 18.2 Å². The maximum Gasteiger partial charge on any atom is 0.254 e. The molecule has 1 heterocycles. The van der Waals surface area contributed by atoms with Crippen LogP contribution in [0.1, 0.15) is 44.0 Å². The zero-order chi connectivity index (χ0) is 14.9. The smallest absolute Gasteiger partial charge is 0.254 e. The molecular weight excluding hydrogens is 246 g/mol. The van der Waals surface area contributed by atoms with E-state index in [4.69, 9.17) is 6.42 Å². The Kier molecular flexibility index (Phi) is 3.72. The number of carbonyl (C=O) groups excluding carboxylic acids is 1. The highest BCUT2D eigenvalue weighted by Gasteiger charge is 2.35. The lowest BCUT2D eigenvalue weighted by Gasteiger charge is -2.31. The van der Waals surface area contributed by atoms with Crippen molar-refractivity contribution in [3.63, 3.8) is 0 Å². The minimum absolute atomic E-state index is 0.0594. The van der Waals surface area contributed by atoms with E-state index in [1.807, 2.05) is 30.0 Å². The Balaban J connectivity index is 2.54. The Bertz CT molecular complexity index is 691. The first-order valence-corrected chi connectivity index (χ1v) is 6.96. The molecule has 0 N–H and O–H groups in total. The van der Waals surface area contributed by atoms with Gasteiger partial charge in [0.1, 0.15) is 0 Å². The van der Waals surface area contributed by atoms with Gasteiger partial charge in [-0.05, 0) is 50.1 Å². The molecule has 0 spiro atoms. The molecule has 1 aromatic carbocycles. The van der Waals surface area contributed by atoms with Gasteiger partial charge >= 0.3 is 0 Å². The van der Waals surface area contributed by atoms with Crippen LogP contribution in [0.5, 0.6) is 0 Å². The van der Waals surface area contributed by atoms with Crippen molar-refractivity contribution in [3.8, 4) is 12.3 Å². The summed E-state index contributed by atoms with van der Waals surface area (Å²) in [5.74, 6) is 2.69. The number of hydrogen-bond acceptors (Lipinski definition) is 1. The second-order valence-corrected chi connectivity index (χ2v) is 5.97. The summed E-state index contributed by atoms with van der Waals surface area (Å²) in [7, 11) is 0. The molecule has 1 saturated heterocycles. The van der Waals surface area contributed by atoms with Gasteiger partial charge in [-0.2, -0.15) is 0 Å². The van der Waals surface area contributed by atoms with Crippen LogP contribution in [0.4, 0.5) is 0 Å². The zero-order valence-electron chi connectivity index (χ0n) is 12.5. The Morgan fingerprint density at radius 3 is 2.70 bits per heavy atom. The van der Waals surface area contributed by atoms with E-state index in [-0.39, 0.29) is 11.4 Å². The number of likely N-dealkylation sites (tertiary alicyclic amines) is 1. The summed E-state index contributed by atoms with van der Waals surface area (Å²) in [6.07, 6.45) is 7.55. The first-order chi connectivity index (χ1) is 9.38. The second kappa shape index (κ2) is 5.17. The predicted molar refractivity (Wildman–Crippen MR) is 83.5 cm³/mol. The van der Waals surface area contributed by atoms with E-state index in [1.165, 1.54) is 0 Å². The van der Waals surface area contributed by atoms with Gasteiger partial charge in [-0.15, -0.1) is 6.42 Å². The molecular formula is C18H21NO. The molecule has 1 aliphatic heterocycles. The van der Waals surface area contributed by atoms with Crippen molar-refractivity contribution in [2.75, 3.05) is 6.54 Å². The van der Waals surface area contributed by atoms with Crippen molar-refractivity contribution in [1.82, 2.24) is 4.90 Å². The molecule has 0 aliphatic carbocycles. The number of amides is 1. The average Bonchev–Trinajstić information content (AvgIpc) is 2.77. The molecule has 2 rings (SSSR count). The van der Waals surface area contributed by atoms with E-state index in [9.17, 15) is 4.79 Å². The summed E-state index contributed by atoms with van der Waals surface area (Å²) in [6.45, 7) is 11.0. The molecule has 20 heavy (non-hydrogen) atoms. The van der Waals surface area contributed by atoms with Gasteiger partial charge in [-0.25, -0.2) is 0 Å². The first-order valence-electron chi connectivity index (χ1n) is 6.96. The van der Waals surface area contributed by atoms with Crippen molar-refractivity contribution < 1.29 is 4.79 Å². The summed E-state index contributed by atoms with van der Waals surface area (Å²) < 4.78 is 0. The number of rotatable bonds is 1. The topological polar surface area (TPSA) is 20.3 Å². The number of terminal acetylenes is 1. The van der Waals surface area contributed by atoms with E-state index >= 15 is 0 Å². The molecule has 0 saturated carbocycles. The van der Waals surface area contributed by atoms with Gasteiger partial charge in [-0.1, -0.05) is 24.6 Å². The Hall–Kier alpha value is -2.01. The lowest BCUT2D eigenvalue weighted by atomic mass is 10.0. The summed E-state index contributed by atoms with van der Waals surface area (Å²) in [5.41, 5.74) is 1.39. The highest BCUT2D eigenvalue weighted by molar-refractivity contribution is 5.95. The van der Waals surface area contributed by atoms with Crippen molar-refractivity contribution >= 4 is 18.1 Å². The number of benzene rings is 1. The van der Waals surface area contributed by atoms with Crippen molar-refractivity contribution in [2.45, 2.75) is 39.2 Å². The van der Waals surface area contributed by atoms with E-state index in [0.29, 0.717) is 5.56 Å². The molecule has 1 fully saturated rings. The fraction of sp³-hybridized carbons (Fsp3) is 0.389. The second-order valence-electron chi connectivity index (χ2n) is 5.97. The maximum atomic E-state index is 12.8. The normalized spacial score (nSPS) is 18.6. The zero-order valence-corrected chi connectivity index (χ0v) is 12.5. The van der Waals surface area contributed by atoms with Crippen LogP contribution in [0, 0.1) is 12.3 Å². The van der Waals surface area contributed by atoms with E-state index in [0.717, 1.165) is 35.4 Å². The minimum atomic E-state index is -0.0790. The van der Waals surface area contributed by atoms with Crippen molar-refractivity contribution in [2.24, 2.45) is 0 Å². The fourth-order valence-corrected chi connectivity index (χ4v) is 2.85. The molecule has 0 radical (unpaired) electrons. The third-order valence-electron chi connectivity index (χ3n) is 4.17. The Morgan fingerprint density at radius 1 is 1.45 bits per heavy atom. The van der Waals surface area contributed by atoms with Gasteiger partial charge in [0.15, 0.2) is 0 Å². The molecule has 0 unspecified atom stereocenters. The Labute approximate surface area is 120 Å². The van der Waals surface area contributed by atoms with E-state index in [2.05, 4.69) is 26.3 Å². The summed E-state index contributed by atoms with van der Waals surface area (Å²) in [6, 6.07) is 5.64. The quantitative estimate of drug-likeness (QED) is 0.712. The molecule has 1 amide bonds. The standard InChI is InChI=1S/C18H21NO/c1-6-13(2)15-9-7-10-16(14(15)3)17(20)19-12-8-11-18(19,4)5/h1,7,9-10H,3,8,11-12H2,2,4-5H3/b15-13-. The molecule has 0 aromatic heterocycles. The number of carbonyl (C=O) groups is 1. The molecule has 2 nitrogen and oxygen atoms in total. The largest absolute Gasteiger partial charge is 0.334 e. The van der Waals surface area contributed by atoms with E-state index < -0.39 is 0 Å². The van der Waals surface area contributed by atoms with Crippen LogP contribution in [0.2, 0.25) is 0 Å². The summed E-state index contributed by atoms with van der Waals surface area (Å²) in [4.78, 5) is 14.7. The predicted octanol–water partition coefficient (Wildman–Crippen LogP) is 1.92. The first kappa shape index (κ1) is 14.4. The SMILES string of the molecule is C#C/C(C)=c1/cccc(C(=O)N2CCCC2(C)C)c1=C. The number of nitrogens with zero attached hydrogens (tertiary/aromatic N) is 1. The summed E-state index contributed by atoms with van der Waals surface area (Å²) in [5, 5.41) is 1.62. The van der Waals surface area contributed by atoms with Gasteiger partial charge in [0, 0.05) is 23.2 Å². The van der Waals surface area contributed by atoms with Crippen molar-refractivity contribution in [1.29, 1.82) is 0 Å². The third-order valence-corrected chi connectivity index (χ3v) is 4.17. The van der Waals surface area contributed by atoms with Crippen LogP contribution >= 0.6 is 0 Å². The number of hydrogen-bond donors (Lipinski definition) is 0. The average molecular weight is 267 g/mol. The molecule has 0 bridgehead atoms. The van der Waals surface area contributed by atoms with E-state index in [1.54, 1.807) is 0 Å². The molecule has 1 aliphatic rings. The van der Waals surface area contributed by atoms with Gasteiger partial charge in [0.05, 0.1) is 0 Å². The third kappa shape index (κ3) is 2.36. The Morgan fingerprint density at radius 2 is 2.15 bits per heavy atom. The van der Waals surface area contributed by atoms with Gasteiger partial charge in [0.2, 0.25) is 0 Å². The van der Waals surface area contributed by atoms with Gasteiger partial charge in [-0.3, -0.25) is 4.79 Å². The fourth-order valence-electron chi connectivity index (χ4n) is 2.85. The van der Waals surface area contributed by atoms with Gasteiger partial charge < -0.3 is 4.90 Å². The molecule has 2 heteroatoms. The lowest BCUT2D eigenvalue weighted by molar-refractivity contribution is 0.0650. The lowest BCUT2D eigenvalue weighted by Crippen LogP contribution is -2.45. The van der Waals surface area contributed by atoms with Crippen LogP contribution in [-0.2, 0) is 0 Å². The minimum Gasteiger partial charge on any atom is -0.334 e. The molecule has 1 aromatic rings. The molecule has 104 valence electrons. The highest BCUT2D eigenvalue weighted by atomic mass is 16.2. The van der Waals surface area contributed by atoms with Gasteiger partial charge in [0.25, 0.3) is 5.91 Å². The summed E-state index contributed by atoms with van der Waals surface area (Å²) >= 11 is 0. The van der Waals surface area contributed by atoms with Crippen LogP contribution in [-0.4, -0.2) is 22.9 Å². The van der Waals surface area contributed by atoms with Crippen LogP contribution in [0.25, 0.3) is 12.2 Å². The highest BCUT2D eigenvalue weighted by Crippen LogP contribution is 2.29. The maximum absolute atomic E-state index is 12.8. The van der Waals surface area contributed by atoms with Crippen LogP contribution < -0.4 is 10.4 Å². The van der Waals surface area contributed by atoms with Crippen molar-refractivity contribution in [3.05, 3.63) is 34.2 Å². The van der Waals surface area contributed by atoms with Crippen LogP contribution in [0.3, 0.4) is 0 Å². The molecule has 0 atom stereocenters. The monoisotopic (exact) mass is 267 g/mol.